The van der Waals surface area contributed by atoms with E-state index in [0.717, 1.165) is 25.7 Å². The molecule has 2 N–H and O–H groups in total. The molecule has 7 heteroatoms. The van der Waals surface area contributed by atoms with E-state index in [0.29, 0.717) is 29.7 Å². The molecule has 1 heterocycles. The maximum Gasteiger partial charge on any atom is 0.258 e. The Kier molecular flexibility index (Phi) is 6.45. The number of rotatable bonds is 6. The van der Waals surface area contributed by atoms with Crippen LogP contribution in [0.15, 0.2) is 36.8 Å². The van der Waals surface area contributed by atoms with Gasteiger partial charge in [0.15, 0.2) is 0 Å². The van der Waals surface area contributed by atoms with Crippen LogP contribution >= 0.6 is 0 Å². The first kappa shape index (κ1) is 20.7. The van der Waals surface area contributed by atoms with Crippen LogP contribution in [0.3, 0.4) is 0 Å². The molecule has 0 bridgehead atoms. The zero-order valence-corrected chi connectivity index (χ0v) is 16.8. The van der Waals surface area contributed by atoms with E-state index in [-0.39, 0.29) is 17.4 Å². The standard InChI is InChI=1S/C22H26N4O3/c1-22(2,28)17-8-6-15(7-9-17)12-25-20(27)19-13-24-14-26-21(19)29-18-5-3-4-16(10-18)11-23/h3-5,10,13-15,17,28H,6-9,12H2,1-2H3,(H,25,27). The van der Waals surface area contributed by atoms with Gasteiger partial charge in [-0.25, -0.2) is 9.97 Å². The molecule has 7 nitrogen and oxygen atoms in total. The molecule has 1 aliphatic rings. The number of carbonyl (C=O) groups is 1. The van der Waals surface area contributed by atoms with Crippen LogP contribution in [0.1, 0.15) is 55.5 Å². The van der Waals surface area contributed by atoms with E-state index in [4.69, 9.17) is 10.00 Å². The van der Waals surface area contributed by atoms with Crippen molar-refractivity contribution in [2.75, 3.05) is 6.54 Å². The fraction of sp³-hybridized carbons (Fsp3) is 0.455. The van der Waals surface area contributed by atoms with Crippen molar-refractivity contribution in [1.82, 2.24) is 15.3 Å². The van der Waals surface area contributed by atoms with Crippen molar-refractivity contribution < 1.29 is 14.6 Å². The number of aromatic nitrogens is 2. The second-order valence-corrected chi connectivity index (χ2v) is 8.06. The van der Waals surface area contributed by atoms with Crippen molar-refractivity contribution in [2.24, 2.45) is 11.8 Å². The van der Waals surface area contributed by atoms with E-state index in [1.807, 2.05) is 13.8 Å². The molecular formula is C22H26N4O3. The lowest BCUT2D eigenvalue weighted by atomic mass is 9.75. The van der Waals surface area contributed by atoms with Crippen LogP contribution in [0.4, 0.5) is 0 Å². The molecule has 0 unspecified atom stereocenters. The highest BCUT2D eigenvalue weighted by molar-refractivity contribution is 5.96. The van der Waals surface area contributed by atoms with Gasteiger partial charge in [-0.05, 0) is 69.6 Å². The summed E-state index contributed by atoms with van der Waals surface area (Å²) >= 11 is 0. The number of nitriles is 1. The number of amides is 1. The van der Waals surface area contributed by atoms with Crippen LogP contribution in [0.25, 0.3) is 0 Å². The maximum absolute atomic E-state index is 12.7. The van der Waals surface area contributed by atoms with Crippen molar-refractivity contribution in [3.8, 4) is 17.7 Å². The minimum atomic E-state index is -0.648. The summed E-state index contributed by atoms with van der Waals surface area (Å²) in [4.78, 5) is 20.7. The Morgan fingerprint density at radius 3 is 2.79 bits per heavy atom. The van der Waals surface area contributed by atoms with Crippen molar-refractivity contribution >= 4 is 5.91 Å². The van der Waals surface area contributed by atoms with Gasteiger partial charge in [-0.3, -0.25) is 4.79 Å². The summed E-state index contributed by atoms with van der Waals surface area (Å²) < 4.78 is 5.73. The summed E-state index contributed by atoms with van der Waals surface area (Å²) in [5.74, 6) is 0.988. The largest absolute Gasteiger partial charge is 0.438 e. The Labute approximate surface area is 170 Å². The molecule has 29 heavy (non-hydrogen) atoms. The number of hydrogen-bond donors (Lipinski definition) is 2. The van der Waals surface area contributed by atoms with Gasteiger partial charge in [0.05, 0.1) is 17.2 Å². The molecule has 152 valence electrons. The first-order valence-corrected chi connectivity index (χ1v) is 9.85. The van der Waals surface area contributed by atoms with Crippen molar-refractivity contribution in [2.45, 2.75) is 45.1 Å². The molecule has 3 rings (SSSR count). The third kappa shape index (κ3) is 5.52. The van der Waals surface area contributed by atoms with E-state index in [1.165, 1.54) is 12.5 Å². The Balaban J connectivity index is 1.60. The molecule has 1 amide bonds. The molecule has 1 aromatic heterocycles. The first-order valence-electron chi connectivity index (χ1n) is 9.85. The van der Waals surface area contributed by atoms with E-state index in [2.05, 4.69) is 21.4 Å². The lowest BCUT2D eigenvalue weighted by molar-refractivity contribution is -0.00575. The summed E-state index contributed by atoms with van der Waals surface area (Å²) in [6.45, 7) is 4.29. The molecule has 1 saturated carbocycles. The third-order valence-electron chi connectivity index (χ3n) is 5.50. The monoisotopic (exact) mass is 394 g/mol. The van der Waals surface area contributed by atoms with Crippen molar-refractivity contribution in [3.63, 3.8) is 0 Å². The predicted molar refractivity (Wildman–Crippen MR) is 107 cm³/mol. The molecular weight excluding hydrogens is 368 g/mol. The van der Waals surface area contributed by atoms with Crippen molar-refractivity contribution in [1.29, 1.82) is 5.26 Å². The van der Waals surface area contributed by atoms with Gasteiger partial charge in [0.2, 0.25) is 5.88 Å². The molecule has 1 fully saturated rings. The SMILES string of the molecule is CC(C)(O)C1CCC(CNC(=O)c2cncnc2Oc2cccc(C#N)c2)CC1. The van der Waals surface area contributed by atoms with Crippen LogP contribution in [-0.4, -0.2) is 33.1 Å². The van der Waals surface area contributed by atoms with Crippen LogP contribution in [0.2, 0.25) is 0 Å². The van der Waals surface area contributed by atoms with Gasteiger partial charge >= 0.3 is 0 Å². The number of aliphatic hydroxyl groups is 1. The minimum absolute atomic E-state index is 0.151. The highest BCUT2D eigenvalue weighted by Crippen LogP contribution is 2.35. The van der Waals surface area contributed by atoms with Crippen LogP contribution in [-0.2, 0) is 0 Å². The van der Waals surface area contributed by atoms with E-state index < -0.39 is 5.60 Å². The molecule has 0 atom stereocenters. The lowest BCUT2D eigenvalue weighted by Gasteiger charge is -2.35. The molecule has 2 aromatic rings. The molecule has 1 aromatic carbocycles. The Morgan fingerprint density at radius 1 is 1.34 bits per heavy atom. The average Bonchev–Trinajstić information content (AvgIpc) is 2.72. The number of carbonyl (C=O) groups excluding carboxylic acids is 1. The number of nitrogens with zero attached hydrogens (tertiary/aromatic N) is 3. The van der Waals surface area contributed by atoms with Crippen LogP contribution < -0.4 is 10.1 Å². The van der Waals surface area contributed by atoms with E-state index >= 15 is 0 Å². The molecule has 0 saturated heterocycles. The normalized spacial score (nSPS) is 19.2. The maximum atomic E-state index is 12.7. The molecule has 0 radical (unpaired) electrons. The van der Waals surface area contributed by atoms with Gasteiger partial charge in [0.25, 0.3) is 5.91 Å². The highest BCUT2D eigenvalue weighted by atomic mass is 16.5. The third-order valence-corrected chi connectivity index (χ3v) is 5.50. The Hall–Kier alpha value is -2.98. The predicted octanol–water partition coefficient (Wildman–Crippen LogP) is 3.45. The fourth-order valence-corrected chi connectivity index (χ4v) is 3.70. The molecule has 0 spiro atoms. The van der Waals surface area contributed by atoms with Gasteiger partial charge in [-0.1, -0.05) is 6.07 Å². The number of benzene rings is 1. The van der Waals surface area contributed by atoms with Crippen molar-refractivity contribution in [3.05, 3.63) is 47.9 Å². The topological polar surface area (TPSA) is 108 Å². The van der Waals surface area contributed by atoms with Gasteiger partial charge in [-0.15, -0.1) is 0 Å². The van der Waals surface area contributed by atoms with Gasteiger partial charge in [0.1, 0.15) is 17.6 Å². The Morgan fingerprint density at radius 2 is 2.10 bits per heavy atom. The lowest BCUT2D eigenvalue weighted by Crippen LogP contribution is -2.37. The number of nitrogens with one attached hydrogen (secondary N) is 1. The van der Waals surface area contributed by atoms with E-state index in [1.54, 1.807) is 24.3 Å². The van der Waals surface area contributed by atoms with Gasteiger partial charge < -0.3 is 15.2 Å². The highest BCUT2D eigenvalue weighted by Gasteiger charge is 2.31. The first-order chi connectivity index (χ1) is 13.9. The van der Waals surface area contributed by atoms with Gasteiger partial charge in [0, 0.05) is 12.7 Å². The zero-order valence-electron chi connectivity index (χ0n) is 16.8. The summed E-state index contributed by atoms with van der Waals surface area (Å²) in [7, 11) is 0. The average molecular weight is 394 g/mol. The number of ether oxygens (including phenoxy) is 1. The molecule has 0 aliphatic heterocycles. The summed E-state index contributed by atoms with van der Waals surface area (Å²) in [6.07, 6.45) is 6.62. The quantitative estimate of drug-likeness (QED) is 0.777. The zero-order chi connectivity index (χ0) is 20.9. The summed E-state index contributed by atoms with van der Waals surface area (Å²) in [5.41, 5.74) is 0.0641. The van der Waals surface area contributed by atoms with Crippen LogP contribution in [0, 0.1) is 23.2 Å². The van der Waals surface area contributed by atoms with Gasteiger partial charge in [-0.2, -0.15) is 5.26 Å². The van der Waals surface area contributed by atoms with E-state index in [9.17, 15) is 9.90 Å². The summed E-state index contributed by atoms with van der Waals surface area (Å²) in [5, 5.41) is 22.1. The smallest absolute Gasteiger partial charge is 0.258 e. The Bertz CT molecular complexity index is 893. The second kappa shape index (κ2) is 9.01. The second-order valence-electron chi connectivity index (χ2n) is 8.06. The number of hydrogen-bond acceptors (Lipinski definition) is 6. The molecule has 1 aliphatic carbocycles. The fourth-order valence-electron chi connectivity index (χ4n) is 3.70. The van der Waals surface area contributed by atoms with Crippen LogP contribution in [0.5, 0.6) is 11.6 Å². The minimum Gasteiger partial charge on any atom is -0.438 e. The summed E-state index contributed by atoms with van der Waals surface area (Å²) in [6, 6.07) is 8.72.